The highest BCUT2D eigenvalue weighted by Gasteiger charge is 2.17. The van der Waals surface area contributed by atoms with Gasteiger partial charge in [-0.2, -0.15) is 5.10 Å². The first-order valence-corrected chi connectivity index (χ1v) is 9.32. The van der Waals surface area contributed by atoms with E-state index in [-0.39, 0.29) is 11.8 Å². The highest BCUT2D eigenvalue weighted by Crippen LogP contribution is 2.27. The summed E-state index contributed by atoms with van der Waals surface area (Å²) in [5.74, 6) is -0.0516. The van der Waals surface area contributed by atoms with E-state index in [2.05, 4.69) is 10.4 Å². The molecule has 7 heteroatoms. The number of para-hydroxylation sites is 1. The summed E-state index contributed by atoms with van der Waals surface area (Å²) < 4.78 is 7.35. The van der Waals surface area contributed by atoms with Gasteiger partial charge in [0.15, 0.2) is 5.69 Å². The Morgan fingerprint density at radius 1 is 1.10 bits per heavy atom. The summed E-state index contributed by atoms with van der Waals surface area (Å²) >= 11 is 0. The third kappa shape index (κ3) is 4.45. The maximum atomic E-state index is 12.8. The number of carbonyl (C=O) groups excluding carboxylic acids is 2. The van der Waals surface area contributed by atoms with Crippen molar-refractivity contribution in [3.8, 4) is 11.4 Å². The predicted molar refractivity (Wildman–Crippen MR) is 112 cm³/mol. The smallest absolute Gasteiger partial charge is 0.276 e. The average Bonchev–Trinajstić information content (AvgIpc) is 3.11. The van der Waals surface area contributed by atoms with Gasteiger partial charge in [0.25, 0.3) is 11.8 Å². The van der Waals surface area contributed by atoms with Crippen molar-refractivity contribution in [2.24, 2.45) is 0 Å². The van der Waals surface area contributed by atoms with Crippen molar-refractivity contribution >= 4 is 17.5 Å². The maximum Gasteiger partial charge on any atom is 0.276 e. The van der Waals surface area contributed by atoms with Gasteiger partial charge in [0.2, 0.25) is 0 Å². The molecule has 0 aliphatic rings. The zero-order valence-electron chi connectivity index (χ0n) is 17.0. The number of anilines is 1. The van der Waals surface area contributed by atoms with Gasteiger partial charge in [-0.05, 0) is 50.2 Å². The van der Waals surface area contributed by atoms with Crippen LogP contribution in [-0.4, -0.2) is 47.2 Å². The Balaban J connectivity index is 1.86. The molecule has 0 radical (unpaired) electrons. The Bertz CT molecular complexity index is 1030. The SMILES string of the molecule is CCOc1cc(C(=O)N(C)C)ccc1NC(=O)c1cc(C)n(-c2ccccc2)n1. The summed E-state index contributed by atoms with van der Waals surface area (Å²) in [4.78, 5) is 26.5. The molecule has 1 N–H and O–H groups in total. The summed E-state index contributed by atoms with van der Waals surface area (Å²) in [6, 6.07) is 16.3. The summed E-state index contributed by atoms with van der Waals surface area (Å²) in [7, 11) is 3.37. The molecule has 0 atom stereocenters. The third-order valence-corrected chi connectivity index (χ3v) is 4.30. The number of aromatic nitrogens is 2. The fourth-order valence-electron chi connectivity index (χ4n) is 2.89. The van der Waals surface area contributed by atoms with Gasteiger partial charge in [0.05, 0.1) is 18.0 Å². The van der Waals surface area contributed by atoms with Gasteiger partial charge in [-0.15, -0.1) is 0 Å². The Labute approximate surface area is 169 Å². The summed E-state index contributed by atoms with van der Waals surface area (Å²) in [6.07, 6.45) is 0. The van der Waals surface area contributed by atoms with Crippen LogP contribution in [0.1, 0.15) is 33.5 Å². The lowest BCUT2D eigenvalue weighted by Gasteiger charge is -2.15. The van der Waals surface area contributed by atoms with E-state index in [0.717, 1.165) is 11.4 Å². The van der Waals surface area contributed by atoms with Gasteiger partial charge >= 0.3 is 0 Å². The molecule has 3 aromatic rings. The van der Waals surface area contributed by atoms with Crippen LogP contribution in [0, 0.1) is 6.92 Å². The van der Waals surface area contributed by atoms with E-state index in [1.54, 1.807) is 43.0 Å². The molecule has 2 aromatic carbocycles. The van der Waals surface area contributed by atoms with Crippen LogP contribution in [0.5, 0.6) is 5.75 Å². The Kier molecular flexibility index (Phi) is 5.97. The third-order valence-electron chi connectivity index (χ3n) is 4.30. The van der Waals surface area contributed by atoms with Crippen molar-refractivity contribution in [1.29, 1.82) is 0 Å². The minimum absolute atomic E-state index is 0.138. The zero-order valence-corrected chi connectivity index (χ0v) is 17.0. The number of aryl methyl sites for hydroxylation is 1. The lowest BCUT2D eigenvalue weighted by atomic mass is 10.1. The van der Waals surface area contributed by atoms with E-state index >= 15 is 0 Å². The highest BCUT2D eigenvalue weighted by atomic mass is 16.5. The number of nitrogens with one attached hydrogen (secondary N) is 1. The molecule has 1 aromatic heterocycles. The standard InChI is InChI=1S/C22H24N4O3/c1-5-29-20-14-16(22(28)25(3)4)11-12-18(20)23-21(27)19-13-15(2)26(24-19)17-9-7-6-8-10-17/h6-14H,5H2,1-4H3,(H,23,27). The summed E-state index contributed by atoms with van der Waals surface area (Å²) in [6.45, 7) is 4.14. The molecule has 3 rings (SSSR count). The number of ether oxygens (including phenoxy) is 1. The quantitative estimate of drug-likeness (QED) is 0.696. The molecule has 2 amide bonds. The second kappa shape index (κ2) is 8.60. The monoisotopic (exact) mass is 392 g/mol. The van der Waals surface area contributed by atoms with E-state index in [0.29, 0.717) is 29.3 Å². The molecule has 29 heavy (non-hydrogen) atoms. The van der Waals surface area contributed by atoms with Crippen LogP contribution in [-0.2, 0) is 0 Å². The fourth-order valence-corrected chi connectivity index (χ4v) is 2.89. The van der Waals surface area contributed by atoms with Gasteiger partial charge in [-0.25, -0.2) is 4.68 Å². The lowest BCUT2D eigenvalue weighted by Crippen LogP contribution is -2.22. The van der Waals surface area contributed by atoms with Crippen LogP contribution in [0.25, 0.3) is 5.69 Å². The number of nitrogens with zero attached hydrogens (tertiary/aromatic N) is 3. The molecule has 0 saturated carbocycles. The van der Waals surface area contributed by atoms with Crippen molar-refractivity contribution in [2.75, 3.05) is 26.0 Å². The minimum Gasteiger partial charge on any atom is -0.492 e. The van der Waals surface area contributed by atoms with Gasteiger partial charge < -0.3 is 15.0 Å². The highest BCUT2D eigenvalue weighted by molar-refractivity contribution is 6.04. The van der Waals surface area contributed by atoms with E-state index in [4.69, 9.17) is 4.74 Å². The van der Waals surface area contributed by atoms with Crippen molar-refractivity contribution < 1.29 is 14.3 Å². The Hall–Kier alpha value is -3.61. The molecule has 0 bridgehead atoms. The van der Waals surface area contributed by atoms with Gasteiger partial charge in [0.1, 0.15) is 5.75 Å². The van der Waals surface area contributed by atoms with Crippen molar-refractivity contribution in [3.05, 3.63) is 71.5 Å². The van der Waals surface area contributed by atoms with Crippen molar-refractivity contribution in [1.82, 2.24) is 14.7 Å². The second-order valence-corrected chi connectivity index (χ2v) is 6.72. The van der Waals surface area contributed by atoms with Gasteiger partial charge in [-0.1, -0.05) is 18.2 Å². The molecule has 0 aliphatic carbocycles. The number of hydrogen-bond donors (Lipinski definition) is 1. The molecule has 0 fully saturated rings. The Morgan fingerprint density at radius 2 is 1.83 bits per heavy atom. The van der Waals surface area contributed by atoms with Crippen LogP contribution in [0.15, 0.2) is 54.6 Å². The van der Waals surface area contributed by atoms with E-state index in [9.17, 15) is 9.59 Å². The van der Waals surface area contributed by atoms with Crippen LogP contribution in [0.3, 0.4) is 0 Å². The van der Waals surface area contributed by atoms with Gasteiger partial charge in [0, 0.05) is 25.4 Å². The summed E-state index contributed by atoms with van der Waals surface area (Å²) in [5.41, 5.74) is 2.99. The molecule has 0 unspecified atom stereocenters. The van der Waals surface area contributed by atoms with Crippen LogP contribution < -0.4 is 10.1 Å². The van der Waals surface area contributed by atoms with E-state index in [1.165, 1.54) is 4.90 Å². The number of amides is 2. The van der Waals surface area contributed by atoms with E-state index < -0.39 is 0 Å². The molecule has 0 aliphatic heterocycles. The number of carbonyl (C=O) groups is 2. The molecule has 7 nitrogen and oxygen atoms in total. The molecule has 1 heterocycles. The van der Waals surface area contributed by atoms with Crippen LogP contribution in [0.4, 0.5) is 5.69 Å². The average molecular weight is 392 g/mol. The van der Waals surface area contributed by atoms with Gasteiger partial charge in [-0.3, -0.25) is 9.59 Å². The number of hydrogen-bond acceptors (Lipinski definition) is 4. The van der Waals surface area contributed by atoms with Crippen molar-refractivity contribution in [3.63, 3.8) is 0 Å². The molecular weight excluding hydrogens is 368 g/mol. The molecular formula is C22H24N4O3. The first-order valence-electron chi connectivity index (χ1n) is 9.32. The number of rotatable bonds is 6. The Morgan fingerprint density at radius 3 is 2.48 bits per heavy atom. The first-order chi connectivity index (χ1) is 13.9. The zero-order chi connectivity index (χ0) is 21.0. The van der Waals surface area contributed by atoms with E-state index in [1.807, 2.05) is 44.2 Å². The molecule has 0 spiro atoms. The number of benzene rings is 2. The van der Waals surface area contributed by atoms with Crippen molar-refractivity contribution in [2.45, 2.75) is 13.8 Å². The van der Waals surface area contributed by atoms with Crippen LogP contribution in [0.2, 0.25) is 0 Å². The summed E-state index contributed by atoms with van der Waals surface area (Å²) in [5, 5.41) is 7.26. The normalized spacial score (nSPS) is 10.5. The fraction of sp³-hybridized carbons (Fsp3) is 0.227. The predicted octanol–water partition coefficient (Wildman–Crippen LogP) is 3.53. The first kappa shape index (κ1) is 20.1. The maximum absolute atomic E-state index is 12.8. The topological polar surface area (TPSA) is 76.5 Å². The second-order valence-electron chi connectivity index (χ2n) is 6.72. The molecule has 150 valence electrons. The molecule has 0 saturated heterocycles. The lowest BCUT2D eigenvalue weighted by molar-refractivity contribution is 0.0827. The van der Waals surface area contributed by atoms with Crippen LogP contribution >= 0.6 is 0 Å². The largest absolute Gasteiger partial charge is 0.492 e. The minimum atomic E-state index is -0.351.